The number of hydrogen-bond donors (Lipinski definition) is 1. The predicted molar refractivity (Wildman–Crippen MR) is 115 cm³/mol. The molecule has 3 rings (SSSR count). The van der Waals surface area contributed by atoms with Crippen LogP contribution in [0.5, 0.6) is 0 Å². The average molecular weight is 476 g/mol. The molecule has 0 saturated heterocycles. The van der Waals surface area contributed by atoms with Crippen molar-refractivity contribution in [3.8, 4) is 0 Å². The van der Waals surface area contributed by atoms with Crippen LogP contribution in [0.4, 0.5) is 0 Å². The zero-order valence-electron chi connectivity index (χ0n) is 15.2. The molecule has 1 aliphatic heterocycles. The van der Waals surface area contributed by atoms with Crippen molar-refractivity contribution < 1.29 is 4.74 Å². The first-order valence-corrected chi connectivity index (χ1v) is 9.73. The van der Waals surface area contributed by atoms with Gasteiger partial charge in [0.1, 0.15) is 5.01 Å². The first-order chi connectivity index (χ1) is 11.8. The lowest BCUT2D eigenvalue weighted by Gasteiger charge is -2.21. The predicted octanol–water partition coefficient (Wildman–Crippen LogP) is 3.38. The standard InChI is InChI=1S/C18H28N4OS.HI/c1-19-18(20-10-7-14-8-11-23-12-9-14)22(2)13-17-21-15-5-3-4-6-16(15)24-17;/h8H,3-7,9-13H2,1-2H3,(H,19,20);1H. The number of guanidine groups is 1. The van der Waals surface area contributed by atoms with Crippen molar-refractivity contribution in [1.29, 1.82) is 0 Å². The van der Waals surface area contributed by atoms with Crippen LogP contribution in [0, 0.1) is 0 Å². The number of thiazole rings is 1. The molecule has 0 saturated carbocycles. The number of aromatic nitrogens is 1. The zero-order valence-corrected chi connectivity index (χ0v) is 18.4. The summed E-state index contributed by atoms with van der Waals surface area (Å²) in [6.45, 7) is 3.36. The number of fused-ring (bicyclic) bond motifs is 1. The van der Waals surface area contributed by atoms with Gasteiger partial charge >= 0.3 is 0 Å². The molecule has 1 aromatic heterocycles. The van der Waals surface area contributed by atoms with E-state index in [9.17, 15) is 0 Å². The van der Waals surface area contributed by atoms with Crippen molar-refractivity contribution in [1.82, 2.24) is 15.2 Å². The number of aliphatic imine (C=N–C) groups is 1. The SMILES string of the molecule is CN=C(NCCC1=CCOCC1)N(C)Cc1nc2c(s1)CCCC2.I. The second-order valence-electron chi connectivity index (χ2n) is 6.45. The topological polar surface area (TPSA) is 49.8 Å². The van der Waals surface area contributed by atoms with Crippen molar-refractivity contribution in [3.05, 3.63) is 27.2 Å². The molecule has 25 heavy (non-hydrogen) atoms. The summed E-state index contributed by atoms with van der Waals surface area (Å²) in [5.41, 5.74) is 2.82. The zero-order chi connectivity index (χ0) is 16.8. The number of aryl methyl sites for hydroxylation is 2. The molecule has 7 heteroatoms. The van der Waals surface area contributed by atoms with E-state index in [1.807, 2.05) is 18.4 Å². The van der Waals surface area contributed by atoms with Gasteiger partial charge in [-0.2, -0.15) is 0 Å². The van der Waals surface area contributed by atoms with Gasteiger partial charge in [0.15, 0.2) is 5.96 Å². The summed E-state index contributed by atoms with van der Waals surface area (Å²) < 4.78 is 5.35. The van der Waals surface area contributed by atoms with Crippen LogP contribution < -0.4 is 5.32 Å². The minimum atomic E-state index is 0. The van der Waals surface area contributed by atoms with Crippen molar-refractivity contribution in [2.45, 2.75) is 45.1 Å². The summed E-state index contributed by atoms with van der Waals surface area (Å²) in [6, 6.07) is 0. The smallest absolute Gasteiger partial charge is 0.193 e. The second kappa shape index (κ2) is 10.5. The Bertz CT molecular complexity index is 591. The largest absolute Gasteiger partial charge is 0.377 e. The van der Waals surface area contributed by atoms with Gasteiger partial charge in [-0.05, 0) is 38.5 Å². The summed E-state index contributed by atoms with van der Waals surface area (Å²) >= 11 is 1.88. The van der Waals surface area contributed by atoms with Gasteiger partial charge in [-0.3, -0.25) is 4.99 Å². The summed E-state index contributed by atoms with van der Waals surface area (Å²) in [6.07, 6.45) is 9.29. The maximum absolute atomic E-state index is 5.35. The van der Waals surface area contributed by atoms with Gasteiger partial charge in [0, 0.05) is 25.5 Å². The van der Waals surface area contributed by atoms with Crippen LogP contribution in [0.3, 0.4) is 0 Å². The maximum atomic E-state index is 5.35. The van der Waals surface area contributed by atoms with Crippen LogP contribution in [-0.4, -0.2) is 49.7 Å². The Hall–Kier alpha value is -0.670. The molecule has 0 radical (unpaired) electrons. The lowest BCUT2D eigenvalue weighted by Crippen LogP contribution is -2.39. The molecule has 1 aliphatic carbocycles. The van der Waals surface area contributed by atoms with Crippen LogP contribution in [0.1, 0.15) is 41.3 Å². The first-order valence-electron chi connectivity index (χ1n) is 8.91. The highest BCUT2D eigenvalue weighted by molar-refractivity contribution is 14.0. The average Bonchev–Trinajstić information content (AvgIpc) is 3.01. The van der Waals surface area contributed by atoms with E-state index in [4.69, 9.17) is 9.72 Å². The summed E-state index contributed by atoms with van der Waals surface area (Å²) in [7, 11) is 3.93. The van der Waals surface area contributed by atoms with Crippen LogP contribution >= 0.6 is 35.3 Å². The van der Waals surface area contributed by atoms with E-state index >= 15 is 0 Å². The van der Waals surface area contributed by atoms with E-state index < -0.39 is 0 Å². The molecular weight excluding hydrogens is 447 g/mol. The Morgan fingerprint density at radius 1 is 1.36 bits per heavy atom. The molecule has 1 N–H and O–H groups in total. The number of ether oxygens (including phenoxy) is 1. The van der Waals surface area contributed by atoms with E-state index in [1.54, 1.807) is 0 Å². The lowest BCUT2D eigenvalue weighted by atomic mass is 10.0. The molecule has 2 aliphatic rings. The molecule has 0 unspecified atom stereocenters. The fraction of sp³-hybridized carbons (Fsp3) is 0.667. The van der Waals surface area contributed by atoms with Crippen LogP contribution in [0.15, 0.2) is 16.6 Å². The van der Waals surface area contributed by atoms with Gasteiger partial charge in [-0.15, -0.1) is 35.3 Å². The maximum Gasteiger partial charge on any atom is 0.193 e. The van der Waals surface area contributed by atoms with E-state index in [0.29, 0.717) is 0 Å². The van der Waals surface area contributed by atoms with E-state index in [0.717, 1.165) is 51.5 Å². The van der Waals surface area contributed by atoms with E-state index in [1.165, 1.54) is 40.4 Å². The third kappa shape index (κ3) is 5.92. The van der Waals surface area contributed by atoms with Crippen molar-refractivity contribution in [2.24, 2.45) is 4.99 Å². The normalized spacial score (nSPS) is 17.4. The van der Waals surface area contributed by atoms with Crippen LogP contribution in [-0.2, 0) is 24.1 Å². The molecule has 0 fully saturated rings. The van der Waals surface area contributed by atoms with E-state index in [-0.39, 0.29) is 24.0 Å². The summed E-state index contributed by atoms with van der Waals surface area (Å²) in [5, 5.41) is 4.68. The Kier molecular flexibility index (Phi) is 8.65. The third-order valence-corrected chi connectivity index (χ3v) is 5.76. The quantitative estimate of drug-likeness (QED) is 0.307. The molecule has 0 atom stereocenters. The molecular formula is C18H29IN4OS. The summed E-state index contributed by atoms with van der Waals surface area (Å²) in [4.78, 5) is 12.9. The molecule has 140 valence electrons. The number of nitrogens with zero attached hydrogens (tertiary/aromatic N) is 3. The van der Waals surface area contributed by atoms with Crippen molar-refractivity contribution in [2.75, 3.05) is 33.9 Å². The Labute approximate surface area is 172 Å². The van der Waals surface area contributed by atoms with E-state index in [2.05, 4.69) is 28.3 Å². The van der Waals surface area contributed by atoms with Crippen molar-refractivity contribution in [3.63, 3.8) is 0 Å². The minimum absolute atomic E-state index is 0. The van der Waals surface area contributed by atoms with Crippen LogP contribution in [0.2, 0.25) is 0 Å². The number of halogens is 1. The molecule has 5 nitrogen and oxygen atoms in total. The van der Waals surface area contributed by atoms with Crippen LogP contribution in [0.25, 0.3) is 0 Å². The Balaban J connectivity index is 0.00000225. The number of hydrogen-bond acceptors (Lipinski definition) is 4. The Morgan fingerprint density at radius 2 is 2.20 bits per heavy atom. The van der Waals surface area contributed by atoms with Gasteiger partial charge in [-0.1, -0.05) is 11.6 Å². The first kappa shape index (κ1) is 20.6. The highest BCUT2D eigenvalue weighted by atomic mass is 127. The van der Waals surface area contributed by atoms with Gasteiger partial charge < -0.3 is 15.0 Å². The summed E-state index contributed by atoms with van der Waals surface area (Å²) in [5.74, 6) is 0.941. The monoisotopic (exact) mass is 476 g/mol. The lowest BCUT2D eigenvalue weighted by molar-refractivity contribution is 0.153. The molecule has 0 aromatic carbocycles. The molecule has 1 aromatic rings. The Morgan fingerprint density at radius 3 is 2.92 bits per heavy atom. The fourth-order valence-corrected chi connectivity index (χ4v) is 4.47. The van der Waals surface area contributed by atoms with Gasteiger partial charge in [0.2, 0.25) is 0 Å². The highest BCUT2D eigenvalue weighted by Crippen LogP contribution is 2.27. The van der Waals surface area contributed by atoms with Gasteiger partial charge in [-0.25, -0.2) is 4.98 Å². The second-order valence-corrected chi connectivity index (χ2v) is 7.62. The molecule has 0 amide bonds. The number of nitrogens with one attached hydrogen (secondary N) is 1. The molecule has 2 heterocycles. The van der Waals surface area contributed by atoms with Gasteiger partial charge in [0.25, 0.3) is 0 Å². The van der Waals surface area contributed by atoms with Crippen molar-refractivity contribution >= 4 is 41.3 Å². The minimum Gasteiger partial charge on any atom is -0.377 e. The fourth-order valence-electron chi connectivity index (χ4n) is 3.26. The molecule has 0 spiro atoms. The molecule has 0 bridgehead atoms. The number of rotatable bonds is 5. The van der Waals surface area contributed by atoms with Gasteiger partial charge in [0.05, 0.1) is 25.5 Å². The highest BCUT2D eigenvalue weighted by Gasteiger charge is 2.17. The third-order valence-electron chi connectivity index (χ3n) is 4.62.